The second-order valence-electron chi connectivity index (χ2n) is 12.1. The first-order valence-corrected chi connectivity index (χ1v) is 12.7. The first-order chi connectivity index (χ1) is 14.2. The highest BCUT2D eigenvalue weighted by atomic mass is 16.5. The van der Waals surface area contributed by atoms with E-state index >= 15 is 0 Å². The van der Waals surface area contributed by atoms with Gasteiger partial charge >= 0.3 is 5.97 Å². The lowest BCUT2D eigenvalue weighted by Gasteiger charge is -2.58. The summed E-state index contributed by atoms with van der Waals surface area (Å²) in [6.45, 7) is 12.1. The van der Waals surface area contributed by atoms with Crippen LogP contribution >= 0.6 is 0 Å². The van der Waals surface area contributed by atoms with Crippen LogP contribution in [0.15, 0.2) is 11.8 Å². The van der Waals surface area contributed by atoms with Crippen molar-refractivity contribution in [2.45, 2.75) is 105 Å². The predicted molar refractivity (Wildman–Crippen MR) is 121 cm³/mol. The van der Waals surface area contributed by atoms with Crippen molar-refractivity contribution in [3.63, 3.8) is 0 Å². The van der Waals surface area contributed by atoms with Crippen LogP contribution in [-0.2, 0) is 9.53 Å². The molecule has 4 aliphatic rings. The Bertz CT molecular complexity index is 682. The van der Waals surface area contributed by atoms with Crippen molar-refractivity contribution >= 4 is 5.97 Å². The Balaban J connectivity index is 1.53. The van der Waals surface area contributed by atoms with Gasteiger partial charge in [-0.25, -0.2) is 0 Å². The minimum Gasteiger partial charge on any atom is -0.434 e. The van der Waals surface area contributed by atoms with Gasteiger partial charge < -0.3 is 9.84 Å². The van der Waals surface area contributed by atoms with E-state index in [1.165, 1.54) is 44.9 Å². The molecule has 3 fully saturated rings. The highest BCUT2D eigenvalue weighted by Crippen LogP contribution is 2.67. The smallest absolute Gasteiger partial charge is 0.310 e. The number of ether oxygens (including phenoxy) is 1. The lowest BCUT2D eigenvalue weighted by Crippen LogP contribution is -2.53. The molecule has 30 heavy (non-hydrogen) atoms. The summed E-state index contributed by atoms with van der Waals surface area (Å²) >= 11 is 0. The molecule has 0 radical (unpaired) electrons. The fourth-order valence-corrected chi connectivity index (χ4v) is 8.50. The summed E-state index contributed by atoms with van der Waals surface area (Å²) in [5.41, 5.74) is 1.33. The maximum absolute atomic E-state index is 12.0. The zero-order valence-electron chi connectivity index (χ0n) is 20.0. The maximum Gasteiger partial charge on any atom is 0.310 e. The van der Waals surface area contributed by atoms with Crippen LogP contribution in [0.1, 0.15) is 98.8 Å². The number of hydrogen-bond acceptors (Lipinski definition) is 3. The van der Waals surface area contributed by atoms with E-state index in [9.17, 15) is 9.90 Å². The Labute approximate surface area is 184 Å². The number of carbonyl (C=O) groups is 1. The zero-order valence-corrected chi connectivity index (χ0v) is 20.0. The van der Waals surface area contributed by atoms with Crippen LogP contribution in [-0.4, -0.2) is 17.2 Å². The molecule has 3 saturated carbocycles. The zero-order chi connectivity index (χ0) is 21.7. The van der Waals surface area contributed by atoms with Crippen LogP contribution in [0.5, 0.6) is 0 Å². The van der Waals surface area contributed by atoms with Crippen molar-refractivity contribution in [1.82, 2.24) is 0 Å². The van der Waals surface area contributed by atoms with E-state index in [0.717, 1.165) is 42.1 Å². The third kappa shape index (κ3) is 3.67. The van der Waals surface area contributed by atoms with E-state index < -0.39 is 6.10 Å². The Morgan fingerprint density at radius 2 is 1.87 bits per heavy atom. The number of rotatable bonds is 5. The normalized spacial score (nSPS) is 44.4. The van der Waals surface area contributed by atoms with Crippen molar-refractivity contribution in [1.29, 1.82) is 0 Å². The van der Waals surface area contributed by atoms with Crippen LogP contribution in [0.2, 0.25) is 0 Å². The van der Waals surface area contributed by atoms with Gasteiger partial charge in [-0.2, -0.15) is 0 Å². The number of aliphatic hydroxyl groups excluding tert-OH is 1. The molecule has 1 heterocycles. The van der Waals surface area contributed by atoms with Gasteiger partial charge in [0.25, 0.3) is 0 Å². The van der Waals surface area contributed by atoms with Gasteiger partial charge in [0.1, 0.15) is 0 Å². The highest BCUT2D eigenvalue weighted by Gasteiger charge is 2.60. The van der Waals surface area contributed by atoms with E-state index in [0.29, 0.717) is 23.7 Å². The van der Waals surface area contributed by atoms with Crippen molar-refractivity contribution in [3.05, 3.63) is 11.8 Å². The van der Waals surface area contributed by atoms with Gasteiger partial charge in [0.05, 0.1) is 12.4 Å². The standard InChI is InChI=1S/C27H44O3/c1-17(2)7-6-8-18(3)20-9-10-21-19-15-24(28)23-16-30-25(29)12-14-27(23,5)22(19)11-13-26(20,21)4/h16-22,24,28H,6-15H2,1-5H3/t18-,19+,20-,21+,22+,24-,26-,27-/m1/s1. The van der Waals surface area contributed by atoms with Crippen LogP contribution in [0.3, 0.4) is 0 Å². The largest absolute Gasteiger partial charge is 0.434 e. The van der Waals surface area contributed by atoms with E-state index in [-0.39, 0.29) is 11.4 Å². The summed E-state index contributed by atoms with van der Waals surface area (Å²) in [4.78, 5) is 12.0. The Kier molecular flexibility index (Phi) is 6.16. The molecule has 4 rings (SSSR count). The van der Waals surface area contributed by atoms with E-state index in [4.69, 9.17) is 4.74 Å². The highest BCUT2D eigenvalue weighted by molar-refractivity contribution is 5.70. The molecule has 0 aromatic heterocycles. The number of fused-ring (bicyclic) bond motifs is 5. The minimum atomic E-state index is -0.452. The first kappa shape index (κ1) is 22.4. The lowest BCUT2D eigenvalue weighted by molar-refractivity contribution is -0.138. The summed E-state index contributed by atoms with van der Waals surface area (Å²) in [5, 5.41) is 11.1. The fourth-order valence-electron chi connectivity index (χ4n) is 8.50. The Morgan fingerprint density at radius 3 is 2.60 bits per heavy atom. The molecule has 8 atom stereocenters. The third-order valence-corrected chi connectivity index (χ3v) is 10.1. The minimum absolute atomic E-state index is 0.0865. The maximum atomic E-state index is 12.0. The molecule has 3 aliphatic carbocycles. The molecule has 0 aromatic carbocycles. The predicted octanol–water partition coefficient (Wildman–Crippen LogP) is 6.50. The fraction of sp³-hybridized carbons (Fsp3) is 0.889. The molecule has 3 nitrogen and oxygen atoms in total. The van der Waals surface area contributed by atoms with Crippen LogP contribution < -0.4 is 0 Å². The third-order valence-electron chi connectivity index (χ3n) is 10.1. The molecule has 0 aromatic rings. The van der Waals surface area contributed by atoms with Crippen LogP contribution in [0, 0.1) is 46.3 Å². The van der Waals surface area contributed by atoms with Gasteiger partial charge in [-0.05, 0) is 90.4 Å². The summed E-state index contributed by atoms with van der Waals surface area (Å²) in [6, 6.07) is 0. The molecule has 1 N–H and O–H groups in total. The van der Waals surface area contributed by atoms with Crippen molar-refractivity contribution in [2.24, 2.45) is 46.3 Å². The molecule has 0 bridgehead atoms. The van der Waals surface area contributed by atoms with Gasteiger partial charge in [0, 0.05) is 6.42 Å². The van der Waals surface area contributed by atoms with E-state index in [2.05, 4.69) is 34.6 Å². The number of aliphatic hydroxyl groups is 1. The monoisotopic (exact) mass is 416 g/mol. The second kappa shape index (κ2) is 8.26. The first-order valence-electron chi connectivity index (χ1n) is 12.7. The van der Waals surface area contributed by atoms with Crippen LogP contribution in [0.4, 0.5) is 0 Å². The SMILES string of the molecule is CC(C)CCC[C@@H](C)[C@H]1CC[C@H]2[C@@H]3C[C@@H](O)C4=COC(=O)CC[C@]4(C)[C@H]3CC[C@]12C. The van der Waals surface area contributed by atoms with Gasteiger partial charge in [0.2, 0.25) is 0 Å². The Hall–Kier alpha value is -0.830. The van der Waals surface area contributed by atoms with Gasteiger partial charge in [-0.3, -0.25) is 4.79 Å². The summed E-state index contributed by atoms with van der Waals surface area (Å²) in [5.74, 6) is 4.19. The van der Waals surface area contributed by atoms with Crippen molar-refractivity contribution in [3.8, 4) is 0 Å². The topological polar surface area (TPSA) is 46.5 Å². The number of hydrogen-bond donors (Lipinski definition) is 1. The molecule has 0 spiro atoms. The number of cyclic esters (lactones) is 1. The second-order valence-corrected chi connectivity index (χ2v) is 12.1. The van der Waals surface area contributed by atoms with Gasteiger partial charge in [-0.1, -0.05) is 53.9 Å². The van der Waals surface area contributed by atoms with Crippen molar-refractivity contribution < 1.29 is 14.6 Å². The molecule has 0 unspecified atom stereocenters. The summed E-state index contributed by atoms with van der Waals surface area (Å²) in [7, 11) is 0. The average Bonchev–Trinajstić information content (AvgIpc) is 2.94. The quantitative estimate of drug-likeness (QED) is 0.520. The number of carbonyl (C=O) groups excluding carboxylic acids is 1. The average molecular weight is 417 g/mol. The Morgan fingerprint density at radius 1 is 1.10 bits per heavy atom. The lowest BCUT2D eigenvalue weighted by atomic mass is 9.46. The van der Waals surface area contributed by atoms with Gasteiger partial charge in [-0.15, -0.1) is 0 Å². The molecule has 1 aliphatic heterocycles. The molecule has 0 saturated heterocycles. The number of esters is 1. The molecule has 3 heteroatoms. The van der Waals surface area contributed by atoms with Gasteiger partial charge in [0.15, 0.2) is 0 Å². The molecule has 0 amide bonds. The van der Waals surface area contributed by atoms with Crippen LogP contribution in [0.25, 0.3) is 0 Å². The van der Waals surface area contributed by atoms with Crippen molar-refractivity contribution in [2.75, 3.05) is 0 Å². The molecule has 170 valence electrons. The van der Waals surface area contributed by atoms with E-state index in [1.807, 2.05) is 0 Å². The summed E-state index contributed by atoms with van der Waals surface area (Å²) in [6.07, 6.45) is 12.7. The van der Waals surface area contributed by atoms with E-state index in [1.54, 1.807) is 6.26 Å². The molecular weight excluding hydrogens is 372 g/mol. The molecular formula is C27H44O3. The summed E-state index contributed by atoms with van der Waals surface area (Å²) < 4.78 is 5.34.